The minimum Gasteiger partial charge on any atom is -0.726 e. The number of quaternary nitrogens is 1. The average molecular weight is 524 g/mol. The third-order valence-corrected chi connectivity index (χ3v) is 7.36. The fourth-order valence-corrected chi connectivity index (χ4v) is 4.54. The minimum atomic E-state index is -4.41. The first-order valence-corrected chi connectivity index (χ1v) is 16.0. The molecule has 0 aromatic rings. The number of aliphatic hydroxyl groups is 1. The number of nitrogens with zero attached hydrogens (tertiary/aromatic N) is 1. The molecular weight excluding hydrogens is 462 g/mol. The fraction of sp³-hybridized carbons (Fsp3) is 1.00. The molecule has 0 bridgehead atoms. The van der Waals surface area contributed by atoms with Crippen LogP contribution < -0.4 is 0 Å². The monoisotopic (exact) mass is 523 g/mol. The number of rotatable bonds is 25. The molecule has 0 aliphatic heterocycles. The van der Waals surface area contributed by atoms with E-state index in [1.165, 1.54) is 142 Å². The first-order chi connectivity index (χ1) is 16.7. The molecule has 0 unspecified atom stereocenters. The molecule has 7 heteroatoms. The summed E-state index contributed by atoms with van der Waals surface area (Å²) in [7, 11) is -1.23. The van der Waals surface area contributed by atoms with E-state index in [0.29, 0.717) is 6.61 Å². The van der Waals surface area contributed by atoms with Crippen LogP contribution in [0.3, 0.4) is 0 Å². The van der Waals surface area contributed by atoms with Crippen molar-refractivity contribution in [1.82, 2.24) is 0 Å². The van der Waals surface area contributed by atoms with Crippen LogP contribution in [-0.2, 0) is 14.6 Å². The van der Waals surface area contributed by atoms with Crippen molar-refractivity contribution in [2.45, 2.75) is 142 Å². The van der Waals surface area contributed by atoms with Gasteiger partial charge in [0.15, 0.2) is 0 Å². The normalized spacial score (nSPS) is 11.9. The molecule has 1 N–H and O–H groups in total. The lowest BCUT2D eigenvalue weighted by atomic mass is 10.1. The number of unbranched alkanes of at least 4 members (excludes halogenated alkanes) is 18. The summed E-state index contributed by atoms with van der Waals surface area (Å²) in [5.41, 5.74) is 0. The predicted molar refractivity (Wildman–Crippen MR) is 148 cm³/mol. The van der Waals surface area contributed by atoms with Crippen LogP contribution in [0.1, 0.15) is 142 Å². The molecule has 0 rings (SSSR count). The second-order valence-corrected chi connectivity index (χ2v) is 11.6. The Hall–Kier alpha value is -0.210. The molecule has 0 radical (unpaired) electrons. The summed E-state index contributed by atoms with van der Waals surface area (Å²) in [5.74, 6) is 0. The number of likely N-dealkylation sites (N-methyl/N-ethyl adjacent to an activating group) is 1. The molecule has 0 heterocycles. The summed E-state index contributed by atoms with van der Waals surface area (Å²) in [6.07, 6.45) is 28.2. The number of hydrogen-bond acceptors (Lipinski definition) is 5. The molecule has 214 valence electrons. The summed E-state index contributed by atoms with van der Waals surface area (Å²) < 4.78 is 32.1. The Morgan fingerprint density at radius 2 is 0.857 bits per heavy atom. The molecule has 0 aliphatic rings. The highest BCUT2D eigenvalue weighted by atomic mass is 32.3. The third kappa shape index (κ3) is 31.8. The van der Waals surface area contributed by atoms with Crippen molar-refractivity contribution in [2.24, 2.45) is 0 Å². The van der Waals surface area contributed by atoms with Gasteiger partial charge in [-0.15, -0.1) is 0 Å². The first-order valence-electron chi connectivity index (χ1n) is 14.7. The topological polar surface area (TPSA) is 86.7 Å². The van der Waals surface area contributed by atoms with Gasteiger partial charge in [-0.3, -0.25) is 4.18 Å². The van der Waals surface area contributed by atoms with Gasteiger partial charge in [0.2, 0.25) is 10.4 Å². The van der Waals surface area contributed by atoms with Crippen molar-refractivity contribution in [1.29, 1.82) is 0 Å². The van der Waals surface area contributed by atoms with Gasteiger partial charge in [-0.05, 0) is 25.7 Å². The maximum absolute atomic E-state index is 9.51. The van der Waals surface area contributed by atoms with E-state index >= 15 is 0 Å². The number of hydrogen-bond donors (Lipinski definition) is 1. The molecule has 0 aliphatic carbocycles. The largest absolute Gasteiger partial charge is 0.726 e. The van der Waals surface area contributed by atoms with Crippen LogP contribution in [-0.4, -0.2) is 63.0 Å². The fourth-order valence-electron chi connectivity index (χ4n) is 4.54. The van der Waals surface area contributed by atoms with Crippen LogP contribution in [0, 0.1) is 0 Å². The second kappa shape index (κ2) is 26.8. The van der Waals surface area contributed by atoms with Crippen LogP contribution in [0.15, 0.2) is 0 Å². The summed E-state index contributed by atoms with van der Waals surface area (Å²) in [5, 5.41) is 9.51. The van der Waals surface area contributed by atoms with Gasteiger partial charge in [-0.25, -0.2) is 8.42 Å². The van der Waals surface area contributed by atoms with Gasteiger partial charge < -0.3 is 14.1 Å². The van der Waals surface area contributed by atoms with Gasteiger partial charge in [0.25, 0.3) is 0 Å². The maximum Gasteiger partial charge on any atom is 0.217 e. The SMILES string of the molecule is CCCCCCCCCCCC[N+](C)(CCO)CCCCCCCCCCCC.COS(=O)(=O)[O-]. The summed E-state index contributed by atoms with van der Waals surface area (Å²) >= 11 is 0. The van der Waals surface area contributed by atoms with Gasteiger partial charge >= 0.3 is 0 Å². The van der Waals surface area contributed by atoms with E-state index in [2.05, 4.69) is 25.1 Å². The van der Waals surface area contributed by atoms with Gasteiger partial charge in [0.05, 0.1) is 33.9 Å². The molecule has 0 fully saturated rings. The minimum absolute atomic E-state index is 0.339. The quantitative estimate of drug-likeness (QED) is 0.0584. The van der Waals surface area contributed by atoms with Crippen LogP contribution in [0.5, 0.6) is 0 Å². The van der Waals surface area contributed by atoms with E-state index in [1.807, 2.05) is 0 Å². The van der Waals surface area contributed by atoms with Crippen molar-refractivity contribution >= 4 is 10.4 Å². The summed E-state index contributed by atoms with van der Waals surface area (Å²) in [6, 6.07) is 0. The van der Waals surface area contributed by atoms with Crippen LogP contribution in [0.2, 0.25) is 0 Å². The zero-order valence-corrected chi connectivity index (χ0v) is 24.7. The molecule has 6 nitrogen and oxygen atoms in total. The van der Waals surface area contributed by atoms with Crippen molar-refractivity contribution in [3.8, 4) is 0 Å². The maximum atomic E-state index is 9.51. The van der Waals surface area contributed by atoms with E-state index in [4.69, 9.17) is 0 Å². The van der Waals surface area contributed by atoms with Crippen molar-refractivity contribution in [3.05, 3.63) is 0 Å². The van der Waals surface area contributed by atoms with E-state index < -0.39 is 10.4 Å². The highest BCUT2D eigenvalue weighted by Crippen LogP contribution is 2.15. The van der Waals surface area contributed by atoms with Gasteiger partial charge in [0.1, 0.15) is 6.54 Å². The Balaban J connectivity index is 0. The zero-order valence-electron chi connectivity index (χ0n) is 23.9. The van der Waals surface area contributed by atoms with Gasteiger partial charge in [0, 0.05) is 0 Å². The second-order valence-electron chi connectivity index (χ2n) is 10.5. The molecule has 0 aromatic heterocycles. The first kappa shape index (κ1) is 36.9. The van der Waals surface area contributed by atoms with Crippen LogP contribution in [0.25, 0.3) is 0 Å². The molecule has 0 saturated carbocycles. The molecule has 0 saturated heterocycles. The lowest BCUT2D eigenvalue weighted by Gasteiger charge is -2.34. The Bertz CT molecular complexity index is 489. The summed E-state index contributed by atoms with van der Waals surface area (Å²) in [6.45, 7) is 8.38. The van der Waals surface area contributed by atoms with Crippen LogP contribution >= 0.6 is 0 Å². The highest BCUT2D eigenvalue weighted by molar-refractivity contribution is 7.80. The molecule has 0 atom stereocenters. The molecule has 0 aromatic carbocycles. The van der Waals surface area contributed by atoms with Gasteiger partial charge in [-0.2, -0.15) is 0 Å². The Morgan fingerprint density at radius 3 is 1.09 bits per heavy atom. The van der Waals surface area contributed by atoms with Crippen molar-refractivity contribution in [3.63, 3.8) is 0 Å². The summed E-state index contributed by atoms with van der Waals surface area (Å²) in [4.78, 5) is 0. The Morgan fingerprint density at radius 1 is 0.600 bits per heavy atom. The van der Waals surface area contributed by atoms with Gasteiger partial charge in [-0.1, -0.05) is 117 Å². The molecule has 0 spiro atoms. The van der Waals surface area contributed by atoms with Crippen molar-refractivity contribution < 1.29 is 26.7 Å². The number of aliphatic hydroxyl groups excluding tert-OH is 1. The lowest BCUT2D eigenvalue weighted by Crippen LogP contribution is -2.47. The Labute approximate surface area is 219 Å². The van der Waals surface area contributed by atoms with E-state index in [1.54, 1.807) is 0 Å². The van der Waals surface area contributed by atoms with Crippen LogP contribution in [0.4, 0.5) is 0 Å². The lowest BCUT2D eigenvalue weighted by molar-refractivity contribution is -0.910. The molecule has 0 amide bonds. The van der Waals surface area contributed by atoms with E-state index in [-0.39, 0.29) is 0 Å². The standard InChI is InChI=1S/C27H58NO.CH4O4S/c1-4-6-8-10-12-14-16-18-20-22-24-28(3,26-27-29)25-23-21-19-17-15-13-11-9-7-5-2;1-5-6(2,3)4/h29H,4-27H2,1-3H3;1H3,(H,2,3,4)/q+1;/p-1. The van der Waals surface area contributed by atoms with E-state index in [0.717, 1.165) is 18.1 Å². The molecular formula is C28H61NO5S. The third-order valence-electron chi connectivity index (χ3n) is 6.95. The smallest absolute Gasteiger partial charge is 0.217 e. The highest BCUT2D eigenvalue weighted by Gasteiger charge is 2.19. The van der Waals surface area contributed by atoms with Crippen molar-refractivity contribution in [2.75, 3.05) is 40.4 Å². The zero-order chi connectivity index (χ0) is 26.7. The molecule has 35 heavy (non-hydrogen) atoms. The average Bonchev–Trinajstić information content (AvgIpc) is 2.81. The van der Waals surface area contributed by atoms with E-state index in [9.17, 15) is 18.1 Å². The Kier molecular flexibility index (Phi) is 28.3. The predicted octanol–water partition coefficient (Wildman–Crippen LogP) is 7.36.